The molecule has 0 saturated heterocycles. The van der Waals surface area contributed by atoms with E-state index >= 15 is 0 Å². The summed E-state index contributed by atoms with van der Waals surface area (Å²) in [6, 6.07) is 12.1. The van der Waals surface area contributed by atoms with Crippen LogP contribution >= 0.6 is 0 Å². The smallest absolute Gasteiger partial charge is 0.418 e. The monoisotopic (exact) mass is 352 g/mol. The van der Waals surface area contributed by atoms with Gasteiger partial charge in [0.15, 0.2) is 0 Å². The number of carbonyl (C=O) groups excluding carboxylic acids is 1. The van der Waals surface area contributed by atoms with Gasteiger partial charge < -0.3 is 15.4 Å². The molecular weight excluding hydrogens is 333 g/mol. The first-order valence-corrected chi connectivity index (χ1v) is 7.83. The van der Waals surface area contributed by atoms with Crippen molar-refractivity contribution in [3.63, 3.8) is 0 Å². The van der Waals surface area contributed by atoms with Crippen molar-refractivity contribution >= 4 is 17.3 Å². The summed E-state index contributed by atoms with van der Waals surface area (Å²) in [7, 11) is 0. The number of para-hydroxylation sites is 1. The van der Waals surface area contributed by atoms with E-state index in [1.807, 2.05) is 19.1 Å². The van der Waals surface area contributed by atoms with Gasteiger partial charge in [-0.2, -0.15) is 13.2 Å². The Balaban J connectivity index is 1.85. The fraction of sp³-hybridized carbons (Fsp3) is 0.278. The topological polar surface area (TPSA) is 50.4 Å². The average molecular weight is 352 g/mol. The molecule has 0 saturated carbocycles. The lowest BCUT2D eigenvalue weighted by Gasteiger charge is -2.13. The first kappa shape index (κ1) is 18.6. The number of nitrogens with one attached hydrogen (secondary N) is 2. The lowest BCUT2D eigenvalue weighted by molar-refractivity contribution is -0.137. The summed E-state index contributed by atoms with van der Waals surface area (Å²) in [4.78, 5) is 11.9. The molecule has 0 radical (unpaired) electrons. The zero-order chi connectivity index (χ0) is 18.3. The second-order valence-corrected chi connectivity index (χ2v) is 5.23. The van der Waals surface area contributed by atoms with E-state index in [2.05, 4.69) is 10.6 Å². The fourth-order valence-electron chi connectivity index (χ4n) is 2.21. The van der Waals surface area contributed by atoms with E-state index < -0.39 is 17.6 Å². The molecular formula is C18H19F3N2O2. The molecule has 2 rings (SSSR count). The number of amides is 1. The number of alkyl halides is 3. The zero-order valence-electron chi connectivity index (χ0n) is 13.7. The minimum absolute atomic E-state index is 0.0411. The Labute approximate surface area is 144 Å². The average Bonchev–Trinajstić information content (AvgIpc) is 2.56. The van der Waals surface area contributed by atoms with Crippen LogP contribution in [0.4, 0.5) is 24.5 Å². The number of hydrogen-bond acceptors (Lipinski definition) is 3. The van der Waals surface area contributed by atoms with Gasteiger partial charge in [0, 0.05) is 18.7 Å². The normalized spacial score (nSPS) is 11.0. The van der Waals surface area contributed by atoms with Crippen LogP contribution in [0.15, 0.2) is 48.5 Å². The molecule has 2 N–H and O–H groups in total. The highest BCUT2D eigenvalue weighted by atomic mass is 19.4. The summed E-state index contributed by atoms with van der Waals surface area (Å²) in [6.45, 7) is 2.77. The van der Waals surface area contributed by atoms with E-state index in [4.69, 9.17) is 4.74 Å². The summed E-state index contributed by atoms with van der Waals surface area (Å²) < 4.78 is 44.0. The van der Waals surface area contributed by atoms with Gasteiger partial charge in [-0.15, -0.1) is 0 Å². The van der Waals surface area contributed by atoms with Crippen LogP contribution in [0.25, 0.3) is 0 Å². The van der Waals surface area contributed by atoms with Crippen LogP contribution < -0.4 is 15.4 Å². The molecule has 0 aliphatic heterocycles. The number of hydrogen-bond donors (Lipinski definition) is 2. The van der Waals surface area contributed by atoms with E-state index in [-0.39, 0.29) is 12.1 Å². The lowest BCUT2D eigenvalue weighted by Crippen LogP contribution is -2.19. The van der Waals surface area contributed by atoms with Crippen LogP contribution in [0, 0.1) is 0 Å². The predicted octanol–water partition coefficient (Wildman–Crippen LogP) is 4.54. The Morgan fingerprint density at radius 3 is 2.40 bits per heavy atom. The lowest BCUT2D eigenvalue weighted by atomic mass is 10.1. The highest BCUT2D eigenvalue weighted by molar-refractivity contribution is 5.91. The van der Waals surface area contributed by atoms with Crippen LogP contribution in [0.3, 0.4) is 0 Å². The van der Waals surface area contributed by atoms with Gasteiger partial charge in [0.1, 0.15) is 5.75 Å². The first-order chi connectivity index (χ1) is 11.9. The Hall–Kier alpha value is -2.70. The maximum Gasteiger partial charge on any atom is 0.418 e. The number of anilines is 2. The van der Waals surface area contributed by atoms with Crippen LogP contribution in [-0.4, -0.2) is 19.1 Å². The SMILES string of the molecule is CCOc1ccc(NCCC(=O)Nc2ccccc2C(F)(F)F)cc1. The second-order valence-electron chi connectivity index (χ2n) is 5.23. The van der Waals surface area contributed by atoms with Gasteiger partial charge in [-0.3, -0.25) is 4.79 Å². The maximum absolute atomic E-state index is 12.9. The molecule has 2 aromatic carbocycles. The standard InChI is InChI=1S/C18H19F3N2O2/c1-2-25-14-9-7-13(8-10-14)22-12-11-17(24)23-16-6-4-3-5-15(16)18(19,20)21/h3-10,22H,2,11-12H2,1H3,(H,23,24). The number of carbonyl (C=O) groups is 1. The van der Waals surface area contributed by atoms with E-state index in [1.54, 1.807) is 12.1 Å². The van der Waals surface area contributed by atoms with Gasteiger partial charge >= 0.3 is 6.18 Å². The highest BCUT2D eigenvalue weighted by Gasteiger charge is 2.33. The van der Waals surface area contributed by atoms with Crippen LogP contribution in [0.1, 0.15) is 18.9 Å². The van der Waals surface area contributed by atoms with E-state index in [0.29, 0.717) is 13.2 Å². The number of benzene rings is 2. The van der Waals surface area contributed by atoms with Crippen molar-refractivity contribution in [2.75, 3.05) is 23.8 Å². The Morgan fingerprint density at radius 2 is 1.76 bits per heavy atom. The Kier molecular flexibility index (Phi) is 6.27. The molecule has 0 unspecified atom stereocenters. The van der Waals surface area contributed by atoms with Crippen LogP contribution in [0.2, 0.25) is 0 Å². The third-order valence-corrected chi connectivity index (χ3v) is 3.35. The first-order valence-electron chi connectivity index (χ1n) is 7.83. The van der Waals surface area contributed by atoms with Gasteiger partial charge in [0.25, 0.3) is 0 Å². The summed E-state index contributed by atoms with van der Waals surface area (Å²) in [5.74, 6) is 0.254. The molecule has 0 aliphatic carbocycles. The highest BCUT2D eigenvalue weighted by Crippen LogP contribution is 2.34. The van der Waals surface area contributed by atoms with E-state index in [1.165, 1.54) is 18.2 Å². The van der Waals surface area contributed by atoms with Crippen molar-refractivity contribution in [1.82, 2.24) is 0 Å². The van der Waals surface area contributed by atoms with Gasteiger partial charge in [0.05, 0.1) is 17.9 Å². The molecule has 0 atom stereocenters. The quantitative estimate of drug-likeness (QED) is 0.769. The van der Waals surface area contributed by atoms with E-state index in [9.17, 15) is 18.0 Å². The largest absolute Gasteiger partial charge is 0.494 e. The number of halogens is 3. The minimum Gasteiger partial charge on any atom is -0.494 e. The third kappa shape index (κ3) is 5.70. The molecule has 0 fully saturated rings. The zero-order valence-corrected chi connectivity index (χ0v) is 13.7. The van der Waals surface area contributed by atoms with Crippen molar-refractivity contribution in [2.24, 2.45) is 0 Å². The van der Waals surface area contributed by atoms with E-state index in [0.717, 1.165) is 17.5 Å². The molecule has 0 aromatic heterocycles. The van der Waals surface area contributed by atoms with Crippen molar-refractivity contribution in [3.05, 3.63) is 54.1 Å². The molecule has 0 aliphatic rings. The summed E-state index contributed by atoms with van der Waals surface area (Å²) in [5.41, 5.74) is -0.296. The number of ether oxygens (including phenoxy) is 1. The fourth-order valence-corrected chi connectivity index (χ4v) is 2.21. The van der Waals surface area contributed by atoms with Crippen molar-refractivity contribution in [1.29, 1.82) is 0 Å². The Morgan fingerprint density at radius 1 is 1.08 bits per heavy atom. The van der Waals surface area contributed by atoms with Gasteiger partial charge in [-0.25, -0.2) is 0 Å². The molecule has 134 valence electrons. The molecule has 4 nitrogen and oxygen atoms in total. The van der Waals surface area contributed by atoms with Crippen LogP contribution in [0.5, 0.6) is 5.75 Å². The summed E-state index contributed by atoms with van der Waals surface area (Å²) in [6.07, 6.45) is -4.47. The Bertz CT molecular complexity index is 700. The summed E-state index contributed by atoms with van der Waals surface area (Å²) >= 11 is 0. The minimum atomic E-state index is -4.51. The molecule has 1 amide bonds. The molecule has 25 heavy (non-hydrogen) atoms. The molecule has 7 heteroatoms. The molecule has 0 bridgehead atoms. The van der Waals surface area contributed by atoms with Gasteiger partial charge in [0.2, 0.25) is 5.91 Å². The molecule has 0 heterocycles. The summed E-state index contributed by atoms with van der Waals surface area (Å²) in [5, 5.41) is 5.35. The second kappa shape index (κ2) is 8.41. The van der Waals surface area contributed by atoms with Crippen molar-refractivity contribution < 1.29 is 22.7 Å². The van der Waals surface area contributed by atoms with Gasteiger partial charge in [-0.1, -0.05) is 12.1 Å². The maximum atomic E-state index is 12.9. The molecule has 0 spiro atoms. The van der Waals surface area contributed by atoms with Gasteiger partial charge in [-0.05, 0) is 43.3 Å². The predicted molar refractivity (Wildman–Crippen MR) is 90.8 cm³/mol. The third-order valence-electron chi connectivity index (χ3n) is 3.35. The van der Waals surface area contributed by atoms with Crippen molar-refractivity contribution in [3.8, 4) is 5.75 Å². The molecule has 2 aromatic rings. The van der Waals surface area contributed by atoms with Crippen molar-refractivity contribution in [2.45, 2.75) is 19.5 Å². The number of rotatable bonds is 7. The van der Waals surface area contributed by atoms with Crippen LogP contribution in [-0.2, 0) is 11.0 Å².